The number of likely N-dealkylation sites (N-methyl/N-ethyl adjacent to an activating group) is 1. The Kier molecular flexibility index (Phi) is 2.05. The van der Waals surface area contributed by atoms with Gasteiger partial charge >= 0.3 is 0 Å². The molecule has 1 saturated carbocycles. The average molecular weight is 168 g/mol. The van der Waals surface area contributed by atoms with E-state index in [0.717, 1.165) is 0 Å². The third kappa shape index (κ3) is 1.22. The molecule has 1 amide bonds. The Labute approximate surface area is 73.1 Å². The van der Waals surface area contributed by atoms with Gasteiger partial charge in [-0.25, -0.2) is 0 Å². The van der Waals surface area contributed by atoms with Crippen molar-refractivity contribution in [3.8, 4) is 0 Å². The highest BCUT2D eigenvalue weighted by molar-refractivity contribution is 5.79. The van der Waals surface area contributed by atoms with Gasteiger partial charge in [-0.05, 0) is 12.8 Å². The number of piperazine rings is 1. The third-order valence-corrected chi connectivity index (χ3v) is 3.14. The maximum atomic E-state index is 11.3. The first-order valence-corrected chi connectivity index (χ1v) is 4.78. The molecule has 1 heterocycles. The minimum Gasteiger partial charge on any atom is -0.340 e. The van der Waals surface area contributed by atoms with Crippen LogP contribution in [0, 0.1) is 0 Å². The highest BCUT2D eigenvalue weighted by Gasteiger charge is 2.34. The highest BCUT2D eigenvalue weighted by Crippen LogP contribution is 2.24. The smallest absolute Gasteiger partial charge is 0.236 e. The molecule has 0 unspecified atom stereocenters. The molecule has 0 aromatic rings. The van der Waals surface area contributed by atoms with Crippen LogP contribution in [0.25, 0.3) is 0 Å². The topological polar surface area (TPSA) is 32.3 Å². The Balaban J connectivity index is 2.08. The van der Waals surface area contributed by atoms with Crippen LogP contribution >= 0.6 is 0 Å². The number of fused-ring (bicyclic) bond motifs is 1. The largest absolute Gasteiger partial charge is 0.340 e. The Morgan fingerprint density at radius 3 is 3.00 bits per heavy atom. The number of carbonyl (C=O) groups is 1. The molecule has 1 aliphatic carbocycles. The number of carbonyl (C=O) groups excluding carboxylic acids is 1. The molecule has 2 rings (SSSR count). The number of nitrogens with zero attached hydrogens (tertiary/aromatic N) is 1. The molecule has 2 aliphatic rings. The van der Waals surface area contributed by atoms with Crippen LogP contribution in [0.4, 0.5) is 0 Å². The van der Waals surface area contributed by atoms with Gasteiger partial charge in [-0.2, -0.15) is 0 Å². The van der Waals surface area contributed by atoms with E-state index in [4.69, 9.17) is 0 Å². The fraction of sp³-hybridized carbons (Fsp3) is 0.889. The Bertz CT molecular complexity index is 193. The summed E-state index contributed by atoms with van der Waals surface area (Å²) in [6.45, 7) is 0.539. The second-order valence-electron chi connectivity index (χ2n) is 3.84. The zero-order valence-electron chi connectivity index (χ0n) is 7.55. The van der Waals surface area contributed by atoms with Crippen molar-refractivity contribution in [2.45, 2.75) is 37.8 Å². The van der Waals surface area contributed by atoms with Crippen LogP contribution in [0.5, 0.6) is 0 Å². The highest BCUT2D eigenvalue weighted by atomic mass is 16.2. The van der Waals surface area contributed by atoms with Gasteiger partial charge in [-0.1, -0.05) is 12.8 Å². The quantitative estimate of drug-likeness (QED) is 0.566. The first-order valence-electron chi connectivity index (χ1n) is 4.78. The van der Waals surface area contributed by atoms with Crippen molar-refractivity contribution < 1.29 is 4.79 Å². The number of nitrogens with one attached hydrogen (secondary N) is 1. The van der Waals surface area contributed by atoms with Crippen molar-refractivity contribution in [3.05, 3.63) is 0 Å². The van der Waals surface area contributed by atoms with Crippen molar-refractivity contribution in [2.24, 2.45) is 0 Å². The minimum atomic E-state index is 0.248. The molecular weight excluding hydrogens is 152 g/mol. The average Bonchev–Trinajstić information content (AvgIpc) is 2.12. The van der Waals surface area contributed by atoms with Crippen LogP contribution in [0.2, 0.25) is 0 Å². The van der Waals surface area contributed by atoms with Crippen molar-refractivity contribution in [2.75, 3.05) is 13.6 Å². The summed E-state index contributed by atoms with van der Waals surface area (Å²) < 4.78 is 0. The Hall–Kier alpha value is -0.570. The van der Waals surface area contributed by atoms with Crippen molar-refractivity contribution in [1.82, 2.24) is 10.2 Å². The monoisotopic (exact) mass is 168 g/mol. The Morgan fingerprint density at radius 1 is 1.42 bits per heavy atom. The lowest BCUT2D eigenvalue weighted by Crippen LogP contribution is -2.60. The van der Waals surface area contributed by atoms with Crippen LogP contribution < -0.4 is 5.32 Å². The van der Waals surface area contributed by atoms with E-state index in [2.05, 4.69) is 5.32 Å². The van der Waals surface area contributed by atoms with E-state index in [1.54, 1.807) is 0 Å². The van der Waals surface area contributed by atoms with E-state index in [0.29, 0.717) is 18.6 Å². The predicted molar refractivity (Wildman–Crippen MR) is 46.8 cm³/mol. The van der Waals surface area contributed by atoms with Gasteiger partial charge in [0.2, 0.25) is 5.91 Å². The summed E-state index contributed by atoms with van der Waals surface area (Å²) in [5, 5.41) is 3.31. The third-order valence-electron chi connectivity index (χ3n) is 3.14. The van der Waals surface area contributed by atoms with Gasteiger partial charge in [0.05, 0.1) is 6.54 Å². The first-order chi connectivity index (χ1) is 5.79. The molecule has 0 aromatic heterocycles. The minimum absolute atomic E-state index is 0.248. The number of rotatable bonds is 0. The molecule has 0 aromatic carbocycles. The van der Waals surface area contributed by atoms with E-state index < -0.39 is 0 Å². The van der Waals surface area contributed by atoms with E-state index >= 15 is 0 Å². The maximum Gasteiger partial charge on any atom is 0.236 e. The van der Waals surface area contributed by atoms with E-state index in [-0.39, 0.29) is 5.91 Å². The first kappa shape index (κ1) is 8.05. The molecule has 0 bridgehead atoms. The molecule has 3 heteroatoms. The van der Waals surface area contributed by atoms with Gasteiger partial charge in [-0.15, -0.1) is 0 Å². The van der Waals surface area contributed by atoms with Gasteiger partial charge in [0.25, 0.3) is 0 Å². The van der Waals surface area contributed by atoms with Gasteiger partial charge < -0.3 is 10.2 Å². The molecule has 2 fully saturated rings. The van der Waals surface area contributed by atoms with Crippen LogP contribution in [-0.2, 0) is 4.79 Å². The molecular formula is C9H16N2O. The number of hydrogen-bond acceptors (Lipinski definition) is 2. The van der Waals surface area contributed by atoms with Gasteiger partial charge in [0, 0.05) is 19.1 Å². The zero-order chi connectivity index (χ0) is 8.55. The van der Waals surface area contributed by atoms with Crippen LogP contribution in [-0.4, -0.2) is 36.5 Å². The molecule has 0 spiro atoms. The molecule has 12 heavy (non-hydrogen) atoms. The normalized spacial score (nSPS) is 36.4. The van der Waals surface area contributed by atoms with Gasteiger partial charge in [0.1, 0.15) is 0 Å². The lowest BCUT2D eigenvalue weighted by Gasteiger charge is -2.42. The lowest BCUT2D eigenvalue weighted by molar-refractivity contribution is -0.135. The second kappa shape index (κ2) is 3.05. The van der Waals surface area contributed by atoms with Gasteiger partial charge in [-0.3, -0.25) is 4.79 Å². The summed E-state index contributed by atoms with van der Waals surface area (Å²) >= 11 is 0. The van der Waals surface area contributed by atoms with E-state index in [1.807, 2.05) is 11.9 Å². The van der Waals surface area contributed by atoms with Crippen LogP contribution in [0.15, 0.2) is 0 Å². The van der Waals surface area contributed by atoms with Crippen LogP contribution in [0.3, 0.4) is 0 Å². The summed E-state index contributed by atoms with van der Waals surface area (Å²) in [7, 11) is 1.94. The summed E-state index contributed by atoms with van der Waals surface area (Å²) in [6, 6.07) is 1.04. The summed E-state index contributed by atoms with van der Waals surface area (Å²) in [4.78, 5) is 13.2. The fourth-order valence-electron chi connectivity index (χ4n) is 2.34. The number of amides is 1. The molecule has 0 radical (unpaired) electrons. The summed E-state index contributed by atoms with van der Waals surface area (Å²) in [5.41, 5.74) is 0. The van der Waals surface area contributed by atoms with Crippen molar-refractivity contribution >= 4 is 5.91 Å². The molecule has 68 valence electrons. The SMILES string of the molecule is CN1C(=O)CN[C@H]2CCCC[C@@H]21. The van der Waals surface area contributed by atoms with E-state index in [1.165, 1.54) is 25.7 Å². The van der Waals surface area contributed by atoms with Crippen molar-refractivity contribution in [3.63, 3.8) is 0 Å². The summed E-state index contributed by atoms with van der Waals surface area (Å²) in [6.07, 6.45) is 5.01. The van der Waals surface area contributed by atoms with Gasteiger partial charge in [0.15, 0.2) is 0 Å². The molecule has 2 atom stereocenters. The molecule has 1 aliphatic heterocycles. The zero-order valence-corrected chi connectivity index (χ0v) is 7.55. The lowest BCUT2D eigenvalue weighted by atomic mass is 9.88. The second-order valence-corrected chi connectivity index (χ2v) is 3.84. The Morgan fingerprint density at radius 2 is 2.17 bits per heavy atom. The standard InChI is InChI=1S/C9H16N2O/c1-11-8-5-3-2-4-7(8)10-6-9(11)12/h7-8,10H,2-6H2,1H3/t7-,8-/m0/s1. The fourth-order valence-corrected chi connectivity index (χ4v) is 2.34. The molecule has 3 nitrogen and oxygen atoms in total. The van der Waals surface area contributed by atoms with Crippen molar-refractivity contribution in [1.29, 1.82) is 0 Å². The summed E-state index contributed by atoms with van der Waals surface area (Å²) in [5.74, 6) is 0.248. The maximum absolute atomic E-state index is 11.3. The van der Waals surface area contributed by atoms with Crippen LogP contribution in [0.1, 0.15) is 25.7 Å². The predicted octanol–water partition coefficient (Wildman–Crippen LogP) is 0.359. The molecule has 1 N–H and O–H groups in total. The number of hydrogen-bond donors (Lipinski definition) is 1. The molecule has 1 saturated heterocycles. The van der Waals surface area contributed by atoms with E-state index in [9.17, 15) is 4.79 Å².